The van der Waals surface area contributed by atoms with Crippen LogP contribution in [0.1, 0.15) is 113 Å². The number of hydrogen-bond acceptors (Lipinski definition) is 5. The van der Waals surface area contributed by atoms with Crippen molar-refractivity contribution in [3.05, 3.63) is 131 Å². The molecule has 4 heterocycles. The van der Waals surface area contributed by atoms with Gasteiger partial charge in [0.25, 0.3) is 0 Å². The van der Waals surface area contributed by atoms with Crippen molar-refractivity contribution >= 4 is 65.9 Å². The number of pyridine rings is 1. The standard InChI is InChI=1S/C55H54N4O2/c1-30(2)38-26-36(34-15-13-12-14-16-34)27-39(31(3)4)49(38)59-50-40-25-33(29-54(6,7)8)18-19-35(40)20-22-43(50)57-52(59)37-21-17-32(5)46-48-45(60-51(37)46)28-41-42(56-48)23-24-44-47(41)58-53(61-44)55(9,10)11/h12-28,30-31H,29H2,1-11H3/i5D3. The predicted molar refractivity (Wildman–Crippen MR) is 254 cm³/mol. The second kappa shape index (κ2) is 13.9. The third-order valence-electron chi connectivity index (χ3n) is 12.0. The number of furan rings is 1. The zero-order chi connectivity index (χ0) is 45.2. The van der Waals surface area contributed by atoms with E-state index in [-0.39, 0.29) is 28.2 Å². The fraction of sp³-hybridized carbons (Fsp3) is 0.291. The van der Waals surface area contributed by atoms with Crippen molar-refractivity contribution in [2.24, 2.45) is 5.41 Å². The van der Waals surface area contributed by atoms with Gasteiger partial charge < -0.3 is 8.83 Å². The summed E-state index contributed by atoms with van der Waals surface area (Å²) in [6.45, 7) is 19.6. The van der Waals surface area contributed by atoms with Gasteiger partial charge in [0.2, 0.25) is 5.89 Å². The number of fused-ring (bicyclic) bond motifs is 9. The molecule has 6 heteroatoms. The molecule has 0 amide bonds. The Balaban J connectivity index is 1.35. The fourth-order valence-electron chi connectivity index (χ4n) is 9.08. The maximum atomic E-state index is 8.78. The second-order valence-corrected chi connectivity index (χ2v) is 19.7. The van der Waals surface area contributed by atoms with Crippen molar-refractivity contribution in [3.8, 4) is 28.2 Å². The molecule has 10 rings (SSSR count). The SMILES string of the molecule is [2H]C([2H])([2H])c1ccc(-c2nc3ccc4ccc(CC(C)(C)C)cc4c3n2-c2c(C(C)C)cc(-c3ccccc3)cc2C(C)C)c2oc3cc4c(ccc5oc(C(C)(C)C)nc54)nc3c12. The van der Waals surface area contributed by atoms with Crippen LogP contribution in [0.15, 0.2) is 112 Å². The van der Waals surface area contributed by atoms with Crippen molar-refractivity contribution < 1.29 is 12.9 Å². The first-order chi connectivity index (χ1) is 30.2. The van der Waals surface area contributed by atoms with Crippen LogP contribution in [0.25, 0.3) is 94.1 Å². The summed E-state index contributed by atoms with van der Waals surface area (Å²) in [5.74, 6) is 1.57. The highest BCUT2D eigenvalue weighted by Crippen LogP contribution is 2.45. The maximum absolute atomic E-state index is 8.78. The number of aromatic nitrogens is 4. The molecule has 306 valence electrons. The van der Waals surface area contributed by atoms with Crippen LogP contribution in [0.4, 0.5) is 0 Å². The van der Waals surface area contributed by atoms with Crippen LogP contribution in [0, 0.1) is 12.3 Å². The second-order valence-electron chi connectivity index (χ2n) is 19.7. The molecule has 6 nitrogen and oxygen atoms in total. The maximum Gasteiger partial charge on any atom is 0.200 e. The van der Waals surface area contributed by atoms with E-state index in [0.29, 0.717) is 56.0 Å². The molecule has 0 spiro atoms. The van der Waals surface area contributed by atoms with Gasteiger partial charge >= 0.3 is 0 Å². The van der Waals surface area contributed by atoms with Crippen molar-refractivity contribution in [2.75, 3.05) is 0 Å². The normalized spacial score (nSPS) is 13.8. The first-order valence-corrected chi connectivity index (χ1v) is 21.5. The average molecular weight is 806 g/mol. The number of nitrogens with zero attached hydrogens (tertiary/aromatic N) is 4. The minimum absolute atomic E-state index is 0.0838. The van der Waals surface area contributed by atoms with Crippen LogP contribution in [0.3, 0.4) is 0 Å². The number of aryl methyl sites for hydroxylation is 1. The number of imidazole rings is 1. The third-order valence-corrected chi connectivity index (χ3v) is 12.0. The summed E-state index contributed by atoms with van der Waals surface area (Å²) in [7, 11) is 0. The molecular weight excluding hydrogens is 749 g/mol. The molecular formula is C55H54N4O2. The smallest absolute Gasteiger partial charge is 0.200 e. The molecule has 0 atom stereocenters. The van der Waals surface area contributed by atoms with Crippen molar-refractivity contribution in [1.29, 1.82) is 0 Å². The van der Waals surface area contributed by atoms with Crippen LogP contribution < -0.4 is 0 Å². The first-order valence-electron chi connectivity index (χ1n) is 23.0. The van der Waals surface area contributed by atoms with Crippen LogP contribution in [-0.2, 0) is 11.8 Å². The van der Waals surface area contributed by atoms with E-state index in [1.807, 2.05) is 24.3 Å². The largest absolute Gasteiger partial charge is 0.454 e. The lowest BCUT2D eigenvalue weighted by atomic mass is 9.87. The summed E-state index contributed by atoms with van der Waals surface area (Å²) >= 11 is 0. The van der Waals surface area contributed by atoms with Crippen LogP contribution in [-0.4, -0.2) is 19.5 Å². The summed E-state index contributed by atoms with van der Waals surface area (Å²) in [5, 5.41) is 3.45. The van der Waals surface area contributed by atoms with Gasteiger partial charge in [-0.25, -0.2) is 15.0 Å². The predicted octanol–water partition coefficient (Wildman–Crippen LogP) is 15.5. The molecule has 4 aromatic heterocycles. The molecule has 0 aliphatic heterocycles. The third kappa shape index (κ3) is 6.50. The zero-order valence-corrected chi connectivity index (χ0v) is 36.8. The van der Waals surface area contributed by atoms with Crippen LogP contribution in [0.5, 0.6) is 0 Å². The van der Waals surface area contributed by atoms with Gasteiger partial charge in [-0.2, -0.15) is 0 Å². The molecule has 0 bridgehead atoms. The quantitative estimate of drug-likeness (QED) is 0.167. The Morgan fingerprint density at radius 3 is 2.07 bits per heavy atom. The first kappa shape index (κ1) is 35.5. The highest BCUT2D eigenvalue weighted by molar-refractivity contribution is 6.15. The van der Waals surface area contributed by atoms with Gasteiger partial charge in [-0.05, 0) is 118 Å². The molecule has 61 heavy (non-hydrogen) atoms. The summed E-state index contributed by atoms with van der Waals surface area (Å²) in [5.41, 5.74) is 12.9. The Hall–Kier alpha value is -6.27. The Morgan fingerprint density at radius 1 is 0.656 bits per heavy atom. The molecule has 0 N–H and O–H groups in total. The number of oxazole rings is 1. The lowest BCUT2D eigenvalue weighted by Crippen LogP contribution is -2.10. The minimum atomic E-state index is -2.45. The van der Waals surface area contributed by atoms with Gasteiger partial charge in [-0.3, -0.25) is 4.57 Å². The van der Waals surface area contributed by atoms with Crippen molar-refractivity contribution in [3.63, 3.8) is 0 Å². The van der Waals surface area contributed by atoms with E-state index in [0.717, 1.165) is 50.4 Å². The molecule has 0 saturated heterocycles. The van der Waals surface area contributed by atoms with Gasteiger partial charge in [0, 0.05) is 20.3 Å². The lowest BCUT2D eigenvalue weighted by Gasteiger charge is -2.25. The van der Waals surface area contributed by atoms with Gasteiger partial charge in [-0.15, -0.1) is 0 Å². The molecule has 0 unspecified atom stereocenters. The van der Waals surface area contributed by atoms with Gasteiger partial charge in [0.15, 0.2) is 11.2 Å². The highest BCUT2D eigenvalue weighted by Gasteiger charge is 2.28. The molecule has 0 radical (unpaired) electrons. The zero-order valence-electron chi connectivity index (χ0n) is 39.8. The summed E-state index contributed by atoms with van der Waals surface area (Å²) in [4.78, 5) is 15.6. The molecule has 0 fully saturated rings. The topological polar surface area (TPSA) is 69.9 Å². The van der Waals surface area contributed by atoms with E-state index in [2.05, 4.69) is 147 Å². The monoisotopic (exact) mass is 805 g/mol. The van der Waals surface area contributed by atoms with E-state index in [4.69, 9.17) is 27.9 Å². The molecule has 10 aromatic rings. The lowest BCUT2D eigenvalue weighted by molar-refractivity contribution is 0.411. The highest BCUT2D eigenvalue weighted by atomic mass is 16.4. The minimum Gasteiger partial charge on any atom is -0.454 e. The van der Waals surface area contributed by atoms with Gasteiger partial charge in [0.05, 0.1) is 33.2 Å². The molecule has 0 saturated carbocycles. The van der Waals surface area contributed by atoms with E-state index in [9.17, 15) is 0 Å². The van der Waals surface area contributed by atoms with E-state index in [1.165, 1.54) is 16.7 Å². The summed E-state index contributed by atoms with van der Waals surface area (Å²) in [6, 6.07) is 35.7. The molecule has 0 aliphatic carbocycles. The van der Waals surface area contributed by atoms with Crippen molar-refractivity contribution in [2.45, 2.75) is 99.8 Å². The van der Waals surface area contributed by atoms with E-state index >= 15 is 0 Å². The van der Waals surface area contributed by atoms with Crippen molar-refractivity contribution in [1.82, 2.24) is 19.5 Å². The Bertz CT molecular complexity index is 3450. The van der Waals surface area contributed by atoms with Crippen LogP contribution in [0.2, 0.25) is 0 Å². The van der Waals surface area contributed by atoms with Crippen LogP contribution >= 0.6 is 0 Å². The summed E-state index contributed by atoms with van der Waals surface area (Å²) in [6.07, 6.45) is 0.913. The number of rotatable bonds is 6. The number of benzene rings is 6. The Kier molecular flexibility index (Phi) is 8.08. The Morgan fingerprint density at radius 2 is 1.38 bits per heavy atom. The fourth-order valence-corrected chi connectivity index (χ4v) is 9.08. The van der Waals surface area contributed by atoms with E-state index < -0.39 is 6.85 Å². The summed E-state index contributed by atoms with van der Waals surface area (Å²) < 4.78 is 41.9. The Labute approximate surface area is 361 Å². The molecule has 6 aromatic carbocycles. The number of hydrogen-bond donors (Lipinski definition) is 0. The van der Waals surface area contributed by atoms with E-state index in [1.54, 1.807) is 6.07 Å². The van der Waals surface area contributed by atoms with Gasteiger partial charge in [-0.1, -0.05) is 124 Å². The average Bonchev–Trinajstić information content (AvgIpc) is 3.95. The van der Waals surface area contributed by atoms with Gasteiger partial charge in [0.1, 0.15) is 22.4 Å². The molecule has 0 aliphatic rings.